The first-order valence-corrected chi connectivity index (χ1v) is 8.96. The summed E-state index contributed by atoms with van der Waals surface area (Å²) in [5.74, 6) is -1.26. The van der Waals surface area contributed by atoms with E-state index in [4.69, 9.17) is 0 Å². The van der Waals surface area contributed by atoms with Crippen molar-refractivity contribution in [3.05, 3.63) is 73.1 Å². The Morgan fingerprint density at radius 3 is 2.41 bits per heavy atom. The summed E-state index contributed by atoms with van der Waals surface area (Å²) in [5, 5.41) is 28.4. The number of aromatic nitrogens is 2. The Morgan fingerprint density at radius 2 is 1.89 bits per heavy atom. The van der Waals surface area contributed by atoms with Gasteiger partial charge in [-0.3, -0.25) is 10.1 Å². The minimum absolute atomic E-state index is 0.189. The highest BCUT2D eigenvalue weighted by atomic mass is 127. The number of rotatable bonds is 5. The van der Waals surface area contributed by atoms with Crippen molar-refractivity contribution in [1.29, 1.82) is 0 Å². The molecule has 3 rings (SSSR count). The molecule has 0 spiro atoms. The number of carboxylic acid groups (broad SMARTS) is 1. The van der Waals surface area contributed by atoms with Crippen LogP contribution in [0.2, 0.25) is 0 Å². The van der Waals surface area contributed by atoms with Crippen LogP contribution in [0.1, 0.15) is 21.7 Å². The van der Waals surface area contributed by atoms with Crippen LogP contribution < -0.4 is 5.32 Å². The van der Waals surface area contributed by atoms with Gasteiger partial charge in [0.15, 0.2) is 0 Å². The molecule has 1 heterocycles. The van der Waals surface area contributed by atoms with Gasteiger partial charge in [-0.25, -0.2) is 9.48 Å². The summed E-state index contributed by atoms with van der Waals surface area (Å²) in [5.41, 5.74) is 2.01. The van der Waals surface area contributed by atoms with Gasteiger partial charge in [-0.15, -0.1) is 0 Å². The number of carboxylic acids is 1. The second-order valence-corrected chi connectivity index (χ2v) is 7.17. The Labute approximate surface area is 168 Å². The quantitative estimate of drug-likeness (QED) is 0.319. The zero-order valence-corrected chi connectivity index (χ0v) is 16.6. The second-order valence-electron chi connectivity index (χ2n) is 5.92. The molecule has 9 heteroatoms. The Hall–Kier alpha value is -2.95. The SMILES string of the molecule is Cc1cc(C)n(-c2cc(Nc3ccc(I)cc3)c(C(=O)O)cc2[N+](=O)[O-])n1. The summed E-state index contributed by atoms with van der Waals surface area (Å²) in [6, 6.07) is 11.6. The Morgan fingerprint density at radius 1 is 1.22 bits per heavy atom. The lowest BCUT2D eigenvalue weighted by atomic mass is 10.1. The van der Waals surface area contributed by atoms with E-state index in [-0.39, 0.29) is 22.6 Å². The second kappa shape index (κ2) is 7.35. The third kappa shape index (κ3) is 3.92. The molecule has 0 saturated carbocycles. The van der Waals surface area contributed by atoms with Crippen LogP contribution in [-0.2, 0) is 0 Å². The van der Waals surface area contributed by atoms with Crippen molar-refractivity contribution in [3.8, 4) is 5.69 Å². The van der Waals surface area contributed by atoms with E-state index in [1.54, 1.807) is 32.0 Å². The number of aryl methyl sites for hydroxylation is 2. The number of benzene rings is 2. The van der Waals surface area contributed by atoms with Crippen LogP contribution in [0.15, 0.2) is 42.5 Å². The minimum Gasteiger partial charge on any atom is -0.478 e. The average Bonchev–Trinajstić information content (AvgIpc) is 2.94. The minimum atomic E-state index is -1.26. The van der Waals surface area contributed by atoms with Crippen LogP contribution in [0.3, 0.4) is 0 Å². The number of nitro groups is 1. The highest BCUT2D eigenvalue weighted by Gasteiger charge is 2.24. The predicted octanol–water partition coefficient (Wildman–Crippen LogP) is 4.44. The lowest BCUT2D eigenvalue weighted by molar-refractivity contribution is -0.384. The molecule has 0 aliphatic carbocycles. The number of hydrogen-bond donors (Lipinski definition) is 2. The highest BCUT2D eigenvalue weighted by Crippen LogP contribution is 2.32. The third-order valence-corrected chi connectivity index (χ3v) is 4.62. The van der Waals surface area contributed by atoms with Crippen molar-refractivity contribution in [2.45, 2.75) is 13.8 Å². The van der Waals surface area contributed by atoms with Gasteiger partial charge in [0, 0.05) is 21.0 Å². The zero-order valence-electron chi connectivity index (χ0n) is 14.4. The first-order valence-electron chi connectivity index (χ1n) is 7.88. The fourth-order valence-corrected chi connectivity index (χ4v) is 3.09. The van der Waals surface area contributed by atoms with Gasteiger partial charge >= 0.3 is 5.97 Å². The van der Waals surface area contributed by atoms with Crippen LogP contribution >= 0.6 is 22.6 Å². The normalized spacial score (nSPS) is 10.6. The van der Waals surface area contributed by atoms with Crippen molar-refractivity contribution >= 4 is 45.6 Å². The standard InChI is InChI=1S/C18H15IN4O4/c1-10-7-11(2)22(21-10)16-9-15(20-13-5-3-12(19)4-6-13)14(18(24)25)8-17(16)23(26)27/h3-9,20H,1-2H3,(H,24,25). The molecule has 0 radical (unpaired) electrons. The molecule has 0 bridgehead atoms. The Bertz CT molecular complexity index is 1040. The largest absolute Gasteiger partial charge is 0.478 e. The van der Waals surface area contributed by atoms with Crippen molar-refractivity contribution in [1.82, 2.24) is 9.78 Å². The molecule has 0 amide bonds. The van der Waals surface area contributed by atoms with Gasteiger partial charge in [0.1, 0.15) is 5.69 Å². The molecular formula is C18H15IN4O4. The van der Waals surface area contributed by atoms with E-state index in [0.29, 0.717) is 17.1 Å². The molecular weight excluding hydrogens is 463 g/mol. The van der Waals surface area contributed by atoms with Crippen LogP contribution in [0.25, 0.3) is 5.69 Å². The summed E-state index contributed by atoms with van der Waals surface area (Å²) in [6.07, 6.45) is 0. The van der Waals surface area contributed by atoms with Crippen molar-refractivity contribution in [2.24, 2.45) is 0 Å². The zero-order chi connectivity index (χ0) is 19.7. The van der Waals surface area contributed by atoms with E-state index in [2.05, 4.69) is 33.0 Å². The number of aromatic carboxylic acids is 1. The molecule has 138 valence electrons. The van der Waals surface area contributed by atoms with Gasteiger partial charge in [-0.2, -0.15) is 5.10 Å². The molecule has 2 aromatic carbocycles. The number of nitrogens with one attached hydrogen (secondary N) is 1. The van der Waals surface area contributed by atoms with Crippen LogP contribution in [0.5, 0.6) is 0 Å². The molecule has 3 aromatic rings. The number of nitro benzene ring substituents is 1. The number of nitrogens with zero attached hydrogens (tertiary/aromatic N) is 3. The molecule has 2 N–H and O–H groups in total. The van der Waals surface area contributed by atoms with Gasteiger partial charge in [0.25, 0.3) is 5.69 Å². The molecule has 27 heavy (non-hydrogen) atoms. The first-order chi connectivity index (χ1) is 12.8. The highest BCUT2D eigenvalue weighted by molar-refractivity contribution is 14.1. The summed E-state index contributed by atoms with van der Waals surface area (Å²) in [4.78, 5) is 22.6. The van der Waals surface area contributed by atoms with E-state index in [1.165, 1.54) is 10.7 Å². The maximum Gasteiger partial charge on any atom is 0.338 e. The average molecular weight is 478 g/mol. The summed E-state index contributed by atoms with van der Waals surface area (Å²) in [6.45, 7) is 3.56. The Kier molecular flexibility index (Phi) is 5.13. The van der Waals surface area contributed by atoms with E-state index < -0.39 is 10.9 Å². The fraction of sp³-hybridized carbons (Fsp3) is 0.111. The summed E-state index contributed by atoms with van der Waals surface area (Å²) < 4.78 is 2.47. The number of carbonyl (C=O) groups is 1. The maximum absolute atomic E-state index is 11.7. The van der Waals surface area contributed by atoms with E-state index in [9.17, 15) is 20.0 Å². The number of halogens is 1. The smallest absolute Gasteiger partial charge is 0.338 e. The van der Waals surface area contributed by atoms with Crippen molar-refractivity contribution < 1.29 is 14.8 Å². The Balaban J connectivity index is 2.20. The van der Waals surface area contributed by atoms with Gasteiger partial charge in [0.05, 0.1) is 21.9 Å². The van der Waals surface area contributed by atoms with Crippen LogP contribution in [0, 0.1) is 27.5 Å². The van der Waals surface area contributed by atoms with Gasteiger partial charge < -0.3 is 10.4 Å². The number of anilines is 2. The van der Waals surface area contributed by atoms with Crippen molar-refractivity contribution in [2.75, 3.05) is 5.32 Å². The molecule has 8 nitrogen and oxygen atoms in total. The van der Waals surface area contributed by atoms with Crippen molar-refractivity contribution in [3.63, 3.8) is 0 Å². The van der Waals surface area contributed by atoms with E-state index in [0.717, 1.165) is 9.64 Å². The van der Waals surface area contributed by atoms with E-state index in [1.807, 2.05) is 12.1 Å². The lowest BCUT2D eigenvalue weighted by Gasteiger charge is -2.13. The molecule has 0 aliphatic heterocycles. The molecule has 0 unspecified atom stereocenters. The summed E-state index contributed by atoms with van der Waals surface area (Å²) >= 11 is 2.17. The molecule has 0 atom stereocenters. The van der Waals surface area contributed by atoms with Crippen LogP contribution in [0.4, 0.5) is 17.1 Å². The summed E-state index contributed by atoms with van der Waals surface area (Å²) in [7, 11) is 0. The van der Waals surface area contributed by atoms with Gasteiger partial charge in [0.2, 0.25) is 0 Å². The lowest BCUT2D eigenvalue weighted by Crippen LogP contribution is -2.09. The fourth-order valence-electron chi connectivity index (χ4n) is 2.73. The van der Waals surface area contributed by atoms with E-state index >= 15 is 0 Å². The monoisotopic (exact) mass is 478 g/mol. The topological polar surface area (TPSA) is 110 Å². The maximum atomic E-state index is 11.7. The van der Waals surface area contributed by atoms with Gasteiger partial charge in [-0.05, 0) is 72.8 Å². The molecule has 0 fully saturated rings. The molecule has 0 saturated heterocycles. The molecule has 1 aromatic heterocycles. The first kappa shape index (κ1) is 18.8. The third-order valence-electron chi connectivity index (χ3n) is 3.90. The predicted molar refractivity (Wildman–Crippen MR) is 109 cm³/mol. The number of hydrogen-bond acceptors (Lipinski definition) is 5. The van der Waals surface area contributed by atoms with Crippen LogP contribution in [-0.4, -0.2) is 25.8 Å². The molecule has 0 aliphatic rings. The van der Waals surface area contributed by atoms with Gasteiger partial charge in [-0.1, -0.05) is 0 Å².